The van der Waals surface area contributed by atoms with E-state index in [0.29, 0.717) is 22.0 Å². The summed E-state index contributed by atoms with van der Waals surface area (Å²) in [5.74, 6) is -0.522. The molecule has 1 heterocycles. The zero-order valence-corrected chi connectivity index (χ0v) is 11.2. The van der Waals surface area contributed by atoms with Crippen molar-refractivity contribution in [2.45, 2.75) is 0 Å². The molecule has 1 N–H and O–H groups in total. The number of fused-ring (bicyclic) bond motifs is 1. The first-order valence-electron chi connectivity index (χ1n) is 5.44. The van der Waals surface area contributed by atoms with Gasteiger partial charge in [0, 0.05) is 11.1 Å². The number of rotatable bonds is 3. The maximum atomic E-state index is 12.0. The smallest absolute Gasteiger partial charge is 0.335 e. The molecule has 1 aliphatic rings. The Morgan fingerprint density at radius 2 is 2.00 bits per heavy atom. The van der Waals surface area contributed by atoms with E-state index in [1.54, 1.807) is 0 Å². The van der Waals surface area contributed by atoms with Gasteiger partial charge in [0.15, 0.2) is 16.6 Å². The minimum atomic E-state index is -1.05. The van der Waals surface area contributed by atoms with Crippen LogP contribution in [-0.2, 0) is 9.47 Å². The van der Waals surface area contributed by atoms with Crippen LogP contribution in [0.1, 0.15) is 26.3 Å². The molecule has 0 saturated heterocycles. The molecule has 0 saturated carbocycles. The fraction of sp³-hybridized carbons (Fsp3) is 0.231. The van der Waals surface area contributed by atoms with E-state index in [9.17, 15) is 9.59 Å². The summed E-state index contributed by atoms with van der Waals surface area (Å²) in [4.78, 5) is 23.0. The molecule has 0 spiro atoms. The molecule has 5 nitrogen and oxygen atoms in total. The van der Waals surface area contributed by atoms with Gasteiger partial charge in [0.25, 0.3) is 0 Å². The van der Waals surface area contributed by atoms with Crippen LogP contribution in [0, 0.1) is 0 Å². The van der Waals surface area contributed by atoms with E-state index in [1.165, 1.54) is 44.2 Å². The lowest BCUT2D eigenvalue weighted by Gasteiger charge is -2.11. The summed E-state index contributed by atoms with van der Waals surface area (Å²) in [7, 11) is 2.94. The summed E-state index contributed by atoms with van der Waals surface area (Å²) in [6.07, 6.45) is 0. The van der Waals surface area contributed by atoms with Gasteiger partial charge in [-0.25, -0.2) is 4.79 Å². The molecule has 0 aliphatic carbocycles. The van der Waals surface area contributed by atoms with Crippen molar-refractivity contribution in [3.8, 4) is 0 Å². The van der Waals surface area contributed by atoms with Gasteiger partial charge in [-0.2, -0.15) is 0 Å². The molecule has 0 aromatic heterocycles. The van der Waals surface area contributed by atoms with Gasteiger partial charge in [0.05, 0.1) is 25.5 Å². The van der Waals surface area contributed by atoms with Gasteiger partial charge in [-0.15, -0.1) is 0 Å². The Morgan fingerprint density at radius 3 is 2.58 bits per heavy atom. The molecule has 0 bridgehead atoms. The highest BCUT2D eigenvalue weighted by Crippen LogP contribution is 2.34. The van der Waals surface area contributed by atoms with Crippen molar-refractivity contribution in [2.24, 2.45) is 0 Å². The third kappa shape index (κ3) is 2.44. The lowest BCUT2D eigenvalue weighted by Crippen LogP contribution is -2.06. The number of benzene rings is 1. The Balaban J connectivity index is 2.68. The van der Waals surface area contributed by atoms with E-state index in [-0.39, 0.29) is 17.1 Å². The minimum Gasteiger partial charge on any atom is -0.492 e. The van der Waals surface area contributed by atoms with Crippen LogP contribution in [-0.4, -0.2) is 36.8 Å². The molecule has 0 radical (unpaired) electrons. The Hall–Kier alpha value is -1.95. The second-order valence-electron chi connectivity index (χ2n) is 3.80. The highest BCUT2D eigenvalue weighted by atomic mass is 32.2. The monoisotopic (exact) mass is 280 g/mol. The predicted molar refractivity (Wildman–Crippen MR) is 71.1 cm³/mol. The van der Waals surface area contributed by atoms with Crippen LogP contribution >= 0.6 is 11.8 Å². The SMILES string of the molecule is COC1=C(OC)c2cc(C(=O)O)ccc2C(=O)CS1. The first-order chi connectivity index (χ1) is 9.08. The number of Topliss-reactive ketones (excluding diaryl/α,β-unsaturated/α-hetero) is 1. The van der Waals surface area contributed by atoms with Gasteiger partial charge in [-0.3, -0.25) is 4.79 Å². The number of methoxy groups -OCH3 is 2. The third-order valence-electron chi connectivity index (χ3n) is 2.72. The average Bonchev–Trinajstić information content (AvgIpc) is 2.55. The Labute approximate surface area is 114 Å². The van der Waals surface area contributed by atoms with Crippen LogP contribution in [0.4, 0.5) is 0 Å². The minimum absolute atomic E-state index is 0.0847. The number of carboxylic acids is 1. The van der Waals surface area contributed by atoms with Crippen molar-refractivity contribution in [1.29, 1.82) is 0 Å². The van der Waals surface area contributed by atoms with Crippen LogP contribution in [0.3, 0.4) is 0 Å². The molecule has 1 aromatic carbocycles. The zero-order valence-electron chi connectivity index (χ0n) is 10.4. The van der Waals surface area contributed by atoms with Gasteiger partial charge in [-0.1, -0.05) is 11.8 Å². The molecular weight excluding hydrogens is 268 g/mol. The van der Waals surface area contributed by atoms with Gasteiger partial charge in [0.1, 0.15) is 0 Å². The quantitative estimate of drug-likeness (QED) is 0.915. The molecule has 100 valence electrons. The summed E-state index contributed by atoms with van der Waals surface area (Å²) in [5, 5.41) is 9.50. The molecule has 0 atom stereocenters. The molecule has 0 amide bonds. The Bertz CT molecular complexity index is 576. The van der Waals surface area contributed by atoms with E-state index in [1.807, 2.05) is 0 Å². The fourth-order valence-corrected chi connectivity index (χ4v) is 2.70. The lowest BCUT2D eigenvalue weighted by atomic mass is 10.00. The number of hydrogen-bond acceptors (Lipinski definition) is 5. The molecule has 1 aliphatic heterocycles. The fourth-order valence-electron chi connectivity index (χ4n) is 1.84. The van der Waals surface area contributed by atoms with E-state index in [0.717, 1.165) is 0 Å². The van der Waals surface area contributed by atoms with Gasteiger partial charge in [0.2, 0.25) is 0 Å². The zero-order chi connectivity index (χ0) is 14.0. The van der Waals surface area contributed by atoms with Gasteiger partial charge < -0.3 is 14.6 Å². The van der Waals surface area contributed by atoms with Crippen molar-refractivity contribution in [3.05, 3.63) is 40.0 Å². The number of hydrogen-bond donors (Lipinski definition) is 1. The summed E-state index contributed by atoms with van der Waals surface area (Å²) in [6, 6.07) is 4.35. The summed E-state index contributed by atoms with van der Waals surface area (Å²) in [5.41, 5.74) is 0.999. The largest absolute Gasteiger partial charge is 0.492 e. The number of carbonyl (C=O) groups excluding carboxylic acids is 1. The van der Waals surface area contributed by atoms with Crippen LogP contribution in [0.25, 0.3) is 5.76 Å². The maximum Gasteiger partial charge on any atom is 0.335 e. The topological polar surface area (TPSA) is 72.8 Å². The standard InChI is InChI=1S/C13H12O5S/c1-17-11-9-5-7(12(15)16)3-4-8(9)10(14)6-19-13(11)18-2/h3-5H,6H2,1-2H3,(H,15,16). The van der Waals surface area contributed by atoms with Crippen molar-refractivity contribution in [1.82, 2.24) is 0 Å². The van der Waals surface area contributed by atoms with E-state index in [2.05, 4.69) is 0 Å². The number of carboxylic acid groups (broad SMARTS) is 1. The van der Waals surface area contributed by atoms with E-state index >= 15 is 0 Å². The summed E-state index contributed by atoms with van der Waals surface area (Å²) in [6.45, 7) is 0. The molecule has 0 unspecified atom stereocenters. The molecule has 6 heteroatoms. The van der Waals surface area contributed by atoms with Crippen LogP contribution < -0.4 is 0 Å². The number of thioether (sulfide) groups is 1. The number of carbonyl (C=O) groups is 2. The second kappa shape index (κ2) is 5.36. The van der Waals surface area contributed by atoms with E-state index in [4.69, 9.17) is 14.6 Å². The van der Waals surface area contributed by atoms with Crippen molar-refractivity contribution in [2.75, 3.05) is 20.0 Å². The van der Waals surface area contributed by atoms with Crippen molar-refractivity contribution >= 4 is 29.3 Å². The highest BCUT2D eigenvalue weighted by molar-refractivity contribution is 8.03. The first kappa shape index (κ1) is 13.5. The Morgan fingerprint density at radius 1 is 1.26 bits per heavy atom. The van der Waals surface area contributed by atoms with Crippen LogP contribution in [0.15, 0.2) is 23.3 Å². The molecular formula is C13H12O5S. The molecule has 1 aromatic rings. The van der Waals surface area contributed by atoms with Crippen molar-refractivity contribution < 1.29 is 24.2 Å². The average molecular weight is 280 g/mol. The first-order valence-corrected chi connectivity index (χ1v) is 6.43. The van der Waals surface area contributed by atoms with Crippen molar-refractivity contribution in [3.63, 3.8) is 0 Å². The predicted octanol–water partition coefficient (Wildman–Crippen LogP) is 2.23. The Kier molecular flexibility index (Phi) is 3.80. The maximum absolute atomic E-state index is 12.0. The van der Waals surface area contributed by atoms with Gasteiger partial charge in [-0.05, 0) is 18.2 Å². The summed E-state index contributed by atoms with van der Waals surface area (Å²) < 4.78 is 10.5. The normalized spacial score (nSPS) is 14.7. The lowest BCUT2D eigenvalue weighted by molar-refractivity contribution is 0.0696. The molecule has 0 fully saturated rings. The van der Waals surface area contributed by atoms with Gasteiger partial charge >= 0.3 is 5.97 Å². The number of ketones is 1. The second-order valence-corrected chi connectivity index (χ2v) is 4.75. The highest BCUT2D eigenvalue weighted by Gasteiger charge is 2.25. The van der Waals surface area contributed by atoms with E-state index < -0.39 is 5.97 Å². The molecule has 19 heavy (non-hydrogen) atoms. The number of ether oxygens (including phenoxy) is 2. The van der Waals surface area contributed by atoms with Crippen LogP contribution in [0.5, 0.6) is 0 Å². The molecule has 2 rings (SSSR count). The van der Waals surface area contributed by atoms with Crippen LogP contribution in [0.2, 0.25) is 0 Å². The number of aromatic carboxylic acids is 1. The summed E-state index contributed by atoms with van der Waals surface area (Å²) >= 11 is 1.23. The third-order valence-corrected chi connectivity index (χ3v) is 3.74.